The van der Waals surface area contributed by atoms with Gasteiger partial charge in [0.2, 0.25) is 0 Å². The number of carbonyl (C=O) groups is 1. The summed E-state index contributed by atoms with van der Waals surface area (Å²) in [7, 11) is 0. The van der Waals surface area contributed by atoms with Gasteiger partial charge in [-0.15, -0.1) is 0 Å². The van der Waals surface area contributed by atoms with E-state index in [4.69, 9.17) is 5.11 Å². The Morgan fingerprint density at radius 3 is 2.72 bits per heavy atom. The zero-order valence-corrected chi connectivity index (χ0v) is 11.3. The van der Waals surface area contributed by atoms with E-state index in [0.717, 1.165) is 16.2 Å². The molecule has 0 amide bonds. The number of hydrogen-bond donors (Lipinski definition) is 1. The number of hydrogen-bond acceptors (Lipinski definition) is 3. The molecule has 18 heavy (non-hydrogen) atoms. The Morgan fingerprint density at radius 1 is 1.33 bits per heavy atom. The molecule has 92 valence electrons. The first kappa shape index (κ1) is 13.0. The van der Waals surface area contributed by atoms with Crippen LogP contribution >= 0.6 is 27.7 Å². The molecule has 0 aliphatic rings. The van der Waals surface area contributed by atoms with Crippen LogP contribution in [0.5, 0.6) is 0 Å². The summed E-state index contributed by atoms with van der Waals surface area (Å²) in [5, 5.41) is 9.54. The first-order valence-corrected chi connectivity index (χ1v) is 6.50. The number of carboxylic acids is 1. The highest BCUT2D eigenvalue weighted by molar-refractivity contribution is 9.10. The summed E-state index contributed by atoms with van der Waals surface area (Å²) in [6, 6.07) is 7.42. The van der Waals surface area contributed by atoms with Crippen molar-refractivity contribution in [1.29, 1.82) is 0 Å². The first-order chi connectivity index (χ1) is 8.58. The van der Waals surface area contributed by atoms with E-state index in [9.17, 15) is 9.18 Å². The smallest absolute Gasteiger partial charge is 0.336 e. The van der Waals surface area contributed by atoms with Crippen molar-refractivity contribution in [2.24, 2.45) is 0 Å². The number of pyridine rings is 1. The Balaban J connectivity index is 2.39. The van der Waals surface area contributed by atoms with Crippen LogP contribution in [0.25, 0.3) is 0 Å². The van der Waals surface area contributed by atoms with Crippen molar-refractivity contribution in [2.75, 3.05) is 0 Å². The molecule has 1 N–H and O–H groups in total. The van der Waals surface area contributed by atoms with Crippen LogP contribution in [0.15, 0.2) is 50.9 Å². The summed E-state index contributed by atoms with van der Waals surface area (Å²) >= 11 is 4.23. The molecule has 0 spiro atoms. The number of carboxylic acid groups (broad SMARTS) is 1. The Bertz CT molecular complexity index is 589. The Kier molecular flexibility index (Phi) is 3.98. The van der Waals surface area contributed by atoms with Gasteiger partial charge in [-0.2, -0.15) is 0 Å². The molecule has 2 aromatic rings. The third-order valence-electron chi connectivity index (χ3n) is 2.10. The first-order valence-electron chi connectivity index (χ1n) is 4.89. The fourth-order valence-electron chi connectivity index (χ4n) is 1.31. The molecule has 6 heteroatoms. The molecule has 0 saturated carbocycles. The van der Waals surface area contributed by atoms with Gasteiger partial charge in [0.25, 0.3) is 0 Å². The maximum absolute atomic E-state index is 13.7. The highest BCUT2D eigenvalue weighted by Crippen LogP contribution is 2.31. The third kappa shape index (κ3) is 2.88. The van der Waals surface area contributed by atoms with E-state index in [1.165, 1.54) is 18.2 Å². The largest absolute Gasteiger partial charge is 0.478 e. The number of aromatic carboxylic acids is 1. The van der Waals surface area contributed by atoms with Gasteiger partial charge in [0, 0.05) is 10.7 Å². The van der Waals surface area contributed by atoms with E-state index in [1.807, 2.05) is 0 Å². The van der Waals surface area contributed by atoms with Gasteiger partial charge >= 0.3 is 5.97 Å². The van der Waals surface area contributed by atoms with Crippen LogP contribution in [-0.2, 0) is 0 Å². The lowest BCUT2D eigenvalue weighted by molar-refractivity contribution is 0.0692. The van der Waals surface area contributed by atoms with Gasteiger partial charge in [-0.25, -0.2) is 14.2 Å². The lowest BCUT2D eigenvalue weighted by Crippen LogP contribution is -2.00. The van der Waals surface area contributed by atoms with Gasteiger partial charge in [0.15, 0.2) is 0 Å². The van der Waals surface area contributed by atoms with Gasteiger partial charge in [0.05, 0.1) is 10.5 Å². The highest BCUT2D eigenvalue weighted by atomic mass is 79.9. The van der Waals surface area contributed by atoms with E-state index in [-0.39, 0.29) is 10.5 Å². The SMILES string of the molecule is O=C(O)c1cccc(F)c1Sc1ccc(Br)cn1. The quantitative estimate of drug-likeness (QED) is 0.930. The van der Waals surface area contributed by atoms with Crippen molar-refractivity contribution in [3.8, 4) is 0 Å². The van der Waals surface area contributed by atoms with Crippen molar-refractivity contribution >= 4 is 33.7 Å². The summed E-state index contributed by atoms with van der Waals surface area (Å²) in [4.78, 5) is 15.2. The Morgan fingerprint density at radius 2 is 2.11 bits per heavy atom. The zero-order valence-electron chi connectivity index (χ0n) is 8.93. The number of benzene rings is 1. The molecular formula is C12H7BrFNO2S. The summed E-state index contributed by atoms with van der Waals surface area (Å²) in [5.41, 5.74) is -0.0651. The average Bonchev–Trinajstić information content (AvgIpc) is 2.34. The summed E-state index contributed by atoms with van der Waals surface area (Å²) in [5.74, 6) is -1.72. The molecule has 0 bridgehead atoms. The molecule has 1 aromatic carbocycles. The van der Waals surface area contributed by atoms with E-state index < -0.39 is 11.8 Å². The molecule has 1 heterocycles. The lowest BCUT2D eigenvalue weighted by Gasteiger charge is -2.06. The normalized spacial score (nSPS) is 10.3. The monoisotopic (exact) mass is 327 g/mol. The van der Waals surface area contributed by atoms with Crippen molar-refractivity contribution in [1.82, 2.24) is 4.98 Å². The van der Waals surface area contributed by atoms with Crippen LogP contribution in [0.1, 0.15) is 10.4 Å². The average molecular weight is 328 g/mol. The number of aromatic nitrogens is 1. The standard InChI is InChI=1S/C12H7BrFNO2S/c13-7-4-5-10(15-6-7)18-11-8(12(16)17)2-1-3-9(11)14/h1-6H,(H,16,17). The number of nitrogens with zero attached hydrogens (tertiary/aromatic N) is 1. The zero-order chi connectivity index (χ0) is 13.1. The second-order valence-corrected chi connectivity index (χ2v) is 5.28. The van der Waals surface area contributed by atoms with Crippen molar-refractivity contribution < 1.29 is 14.3 Å². The predicted molar refractivity (Wildman–Crippen MR) is 69.4 cm³/mol. The minimum atomic E-state index is -1.16. The van der Waals surface area contributed by atoms with Crippen molar-refractivity contribution in [3.05, 3.63) is 52.4 Å². The Hall–Kier alpha value is -1.40. The van der Waals surface area contributed by atoms with Crippen molar-refractivity contribution in [2.45, 2.75) is 9.92 Å². The van der Waals surface area contributed by atoms with Crippen LogP contribution in [0, 0.1) is 5.82 Å². The molecular weight excluding hydrogens is 321 g/mol. The molecule has 0 saturated heterocycles. The van der Waals surface area contributed by atoms with Crippen LogP contribution < -0.4 is 0 Å². The van der Waals surface area contributed by atoms with Gasteiger partial charge in [-0.3, -0.25) is 0 Å². The van der Waals surface area contributed by atoms with Crippen LogP contribution in [0.2, 0.25) is 0 Å². The van der Waals surface area contributed by atoms with Crippen LogP contribution in [0.4, 0.5) is 4.39 Å². The third-order valence-corrected chi connectivity index (χ3v) is 3.64. The number of rotatable bonds is 3. The van der Waals surface area contributed by atoms with E-state index in [0.29, 0.717) is 5.03 Å². The summed E-state index contributed by atoms with van der Waals surface area (Å²) in [6.45, 7) is 0. The second-order valence-electron chi connectivity index (χ2n) is 3.34. The van der Waals surface area contributed by atoms with E-state index in [1.54, 1.807) is 18.3 Å². The minimum Gasteiger partial charge on any atom is -0.478 e. The van der Waals surface area contributed by atoms with E-state index >= 15 is 0 Å². The summed E-state index contributed by atoms with van der Waals surface area (Å²) < 4.78 is 14.5. The molecule has 3 nitrogen and oxygen atoms in total. The van der Waals surface area contributed by atoms with Gasteiger partial charge in [-0.1, -0.05) is 17.8 Å². The maximum atomic E-state index is 13.7. The molecule has 1 aromatic heterocycles. The molecule has 0 radical (unpaired) electrons. The fourth-order valence-corrected chi connectivity index (χ4v) is 2.42. The second kappa shape index (κ2) is 5.49. The topological polar surface area (TPSA) is 50.2 Å². The number of halogens is 2. The summed E-state index contributed by atoms with van der Waals surface area (Å²) in [6.07, 6.45) is 1.57. The van der Waals surface area contributed by atoms with Gasteiger partial charge < -0.3 is 5.11 Å². The van der Waals surface area contributed by atoms with Gasteiger partial charge in [-0.05, 0) is 40.2 Å². The molecule has 0 unspecified atom stereocenters. The predicted octanol–water partition coefficient (Wildman–Crippen LogP) is 3.83. The van der Waals surface area contributed by atoms with Crippen molar-refractivity contribution in [3.63, 3.8) is 0 Å². The molecule has 0 aliphatic carbocycles. The minimum absolute atomic E-state index is 0.0651. The van der Waals surface area contributed by atoms with Crippen LogP contribution in [0.3, 0.4) is 0 Å². The maximum Gasteiger partial charge on any atom is 0.336 e. The lowest BCUT2D eigenvalue weighted by atomic mass is 10.2. The Labute approximate surface area is 115 Å². The fraction of sp³-hybridized carbons (Fsp3) is 0. The van der Waals surface area contributed by atoms with Crippen LogP contribution in [-0.4, -0.2) is 16.1 Å². The van der Waals surface area contributed by atoms with Gasteiger partial charge in [0.1, 0.15) is 10.8 Å². The van der Waals surface area contributed by atoms with E-state index in [2.05, 4.69) is 20.9 Å². The molecule has 0 atom stereocenters. The molecule has 2 rings (SSSR count). The molecule has 0 aliphatic heterocycles. The molecule has 0 fully saturated rings. The highest BCUT2D eigenvalue weighted by Gasteiger charge is 2.15.